The Morgan fingerprint density at radius 2 is 0.808 bits per heavy atom. The molecule has 0 saturated carbocycles. The normalized spacial score (nSPS) is 11.5. The van der Waals surface area contributed by atoms with Gasteiger partial charge in [-0.3, -0.25) is 0 Å². The first-order valence-corrected chi connectivity index (χ1v) is 17.8. The van der Waals surface area contributed by atoms with Crippen LogP contribution in [0.15, 0.2) is 206 Å². The fourth-order valence-electron chi connectivity index (χ4n) is 7.80. The van der Waals surface area contributed by atoms with E-state index in [0.717, 1.165) is 22.7 Å². The van der Waals surface area contributed by atoms with Gasteiger partial charge < -0.3 is 9.47 Å². The highest BCUT2D eigenvalue weighted by atomic mass is 15.1. The SMILES string of the molecule is c1ccc(N(c2ccc(-c3ccc(-n4c5ccccc5c5ccc6ccccc6c54)cc3)cc2)c2ccc(-c3ccc4ccccc4c3)cc2)cc1. The molecule has 0 saturated heterocycles. The molecule has 0 spiro atoms. The van der Waals surface area contributed by atoms with Gasteiger partial charge >= 0.3 is 0 Å². The second-order valence-corrected chi connectivity index (χ2v) is 13.4. The minimum absolute atomic E-state index is 1.11. The van der Waals surface area contributed by atoms with Crippen molar-refractivity contribution in [3.63, 3.8) is 0 Å². The second-order valence-electron chi connectivity index (χ2n) is 13.4. The Balaban J connectivity index is 0.987. The highest BCUT2D eigenvalue weighted by molar-refractivity contribution is 6.18. The lowest BCUT2D eigenvalue weighted by Crippen LogP contribution is -2.09. The number of benzene rings is 9. The number of hydrogen-bond donors (Lipinski definition) is 0. The van der Waals surface area contributed by atoms with Gasteiger partial charge in [-0.15, -0.1) is 0 Å². The Kier molecular flexibility index (Phi) is 7.18. The van der Waals surface area contributed by atoms with Crippen LogP contribution in [0.2, 0.25) is 0 Å². The van der Waals surface area contributed by atoms with Crippen LogP contribution in [0.1, 0.15) is 0 Å². The minimum atomic E-state index is 1.11. The summed E-state index contributed by atoms with van der Waals surface area (Å²) in [6.07, 6.45) is 0. The first kappa shape index (κ1) is 30.0. The van der Waals surface area contributed by atoms with Gasteiger partial charge in [0.1, 0.15) is 0 Å². The van der Waals surface area contributed by atoms with Gasteiger partial charge in [0.2, 0.25) is 0 Å². The molecular weight excluding hydrogens is 629 g/mol. The molecule has 52 heavy (non-hydrogen) atoms. The van der Waals surface area contributed by atoms with E-state index in [0.29, 0.717) is 0 Å². The summed E-state index contributed by atoms with van der Waals surface area (Å²) in [6.45, 7) is 0. The average molecular weight is 663 g/mol. The van der Waals surface area contributed by atoms with Crippen LogP contribution in [0.25, 0.3) is 71.3 Å². The first-order valence-electron chi connectivity index (χ1n) is 17.8. The van der Waals surface area contributed by atoms with E-state index in [2.05, 4.69) is 216 Å². The molecule has 0 unspecified atom stereocenters. The minimum Gasteiger partial charge on any atom is -0.311 e. The summed E-state index contributed by atoms with van der Waals surface area (Å²) in [4.78, 5) is 2.32. The number of fused-ring (bicyclic) bond motifs is 6. The van der Waals surface area contributed by atoms with Crippen LogP contribution in [0, 0.1) is 0 Å². The summed E-state index contributed by atoms with van der Waals surface area (Å²) in [6, 6.07) is 74.6. The Morgan fingerprint density at radius 1 is 0.308 bits per heavy atom. The van der Waals surface area contributed by atoms with Crippen molar-refractivity contribution in [2.45, 2.75) is 0 Å². The third-order valence-corrected chi connectivity index (χ3v) is 10.4. The highest BCUT2D eigenvalue weighted by Crippen LogP contribution is 2.39. The lowest BCUT2D eigenvalue weighted by atomic mass is 10.0. The summed E-state index contributed by atoms with van der Waals surface area (Å²) in [5, 5.41) is 7.58. The molecule has 10 aromatic rings. The van der Waals surface area contributed by atoms with Crippen molar-refractivity contribution in [2.75, 3.05) is 4.90 Å². The molecule has 0 aliphatic heterocycles. The van der Waals surface area contributed by atoms with Crippen molar-refractivity contribution in [1.82, 2.24) is 4.57 Å². The van der Waals surface area contributed by atoms with Gasteiger partial charge in [-0.25, -0.2) is 0 Å². The Labute approximate surface area is 303 Å². The van der Waals surface area contributed by atoms with E-state index in [1.165, 1.54) is 65.6 Å². The number of anilines is 3. The van der Waals surface area contributed by atoms with E-state index < -0.39 is 0 Å². The molecule has 1 heterocycles. The van der Waals surface area contributed by atoms with Crippen LogP contribution in [0.3, 0.4) is 0 Å². The quantitative estimate of drug-likeness (QED) is 0.172. The fraction of sp³-hybridized carbons (Fsp3) is 0. The van der Waals surface area contributed by atoms with Gasteiger partial charge in [0.25, 0.3) is 0 Å². The molecule has 0 amide bonds. The Morgan fingerprint density at radius 3 is 1.52 bits per heavy atom. The van der Waals surface area contributed by atoms with E-state index in [1.54, 1.807) is 0 Å². The molecule has 0 aliphatic carbocycles. The predicted octanol–water partition coefficient (Wildman–Crippen LogP) is 13.9. The zero-order chi connectivity index (χ0) is 34.4. The third kappa shape index (κ3) is 5.12. The first-order chi connectivity index (χ1) is 25.8. The predicted molar refractivity (Wildman–Crippen MR) is 221 cm³/mol. The maximum atomic E-state index is 2.42. The molecule has 2 nitrogen and oxygen atoms in total. The molecule has 0 radical (unpaired) electrons. The van der Waals surface area contributed by atoms with Gasteiger partial charge in [0.05, 0.1) is 11.0 Å². The van der Waals surface area contributed by atoms with Crippen LogP contribution >= 0.6 is 0 Å². The zero-order valence-corrected chi connectivity index (χ0v) is 28.5. The highest BCUT2D eigenvalue weighted by Gasteiger charge is 2.16. The summed E-state index contributed by atoms with van der Waals surface area (Å²) in [5.74, 6) is 0. The molecule has 9 aromatic carbocycles. The van der Waals surface area contributed by atoms with Crippen LogP contribution < -0.4 is 4.90 Å². The van der Waals surface area contributed by atoms with Gasteiger partial charge in [0, 0.05) is 38.9 Å². The molecular formula is C50H34N2. The summed E-state index contributed by atoms with van der Waals surface area (Å²) in [5.41, 5.74) is 11.8. The number of aromatic nitrogens is 1. The summed E-state index contributed by atoms with van der Waals surface area (Å²) < 4.78 is 2.42. The van der Waals surface area contributed by atoms with Crippen molar-refractivity contribution in [3.05, 3.63) is 206 Å². The van der Waals surface area contributed by atoms with Gasteiger partial charge in [-0.05, 0) is 99.1 Å². The van der Waals surface area contributed by atoms with E-state index >= 15 is 0 Å². The van der Waals surface area contributed by atoms with Gasteiger partial charge in [-0.1, -0.05) is 146 Å². The van der Waals surface area contributed by atoms with Gasteiger partial charge in [-0.2, -0.15) is 0 Å². The van der Waals surface area contributed by atoms with E-state index in [4.69, 9.17) is 0 Å². The molecule has 0 fully saturated rings. The monoisotopic (exact) mass is 662 g/mol. The molecule has 244 valence electrons. The van der Waals surface area contributed by atoms with Gasteiger partial charge in [0.15, 0.2) is 0 Å². The van der Waals surface area contributed by atoms with Crippen LogP contribution in [0.5, 0.6) is 0 Å². The molecule has 2 heteroatoms. The van der Waals surface area contributed by atoms with Crippen LogP contribution in [0.4, 0.5) is 17.1 Å². The van der Waals surface area contributed by atoms with Crippen molar-refractivity contribution >= 4 is 60.4 Å². The zero-order valence-electron chi connectivity index (χ0n) is 28.5. The van der Waals surface area contributed by atoms with Crippen molar-refractivity contribution < 1.29 is 0 Å². The van der Waals surface area contributed by atoms with E-state index in [1.807, 2.05) is 0 Å². The van der Waals surface area contributed by atoms with Crippen LogP contribution in [-0.4, -0.2) is 4.57 Å². The summed E-state index contributed by atoms with van der Waals surface area (Å²) >= 11 is 0. The topological polar surface area (TPSA) is 8.17 Å². The van der Waals surface area contributed by atoms with Crippen molar-refractivity contribution in [2.24, 2.45) is 0 Å². The smallest absolute Gasteiger partial charge is 0.0619 e. The number of rotatable bonds is 6. The van der Waals surface area contributed by atoms with Crippen LogP contribution in [-0.2, 0) is 0 Å². The fourth-order valence-corrected chi connectivity index (χ4v) is 7.80. The second kappa shape index (κ2) is 12.5. The average Bonchev–Trinajstić information content (AvgIpc) is 3.57. The van der Waals surface area contributed by atoms with E-state index in [-0.39, 0.29) is 0 Å². The number of para-hydroxylation sites is 2. The molecule has 0 aliphatic rings. The molecule has 0 atom stereocenters. The molecule has 1 aromatic heterocycles. The molecule has 0 bridgehead atoms. The third-order valence-electron chi connectivity index (χ3n) is 10.4. The van der Waals surface area contributed by atoms with Crippen molar-refractivity contribution in [1.29, 1.82) is 0 Å². The lowest BCUT2D eigenvalue weighted by Gasteiger charge is -2.26. The maximum Gasteiger partial charge on any atom is 0.0619 e. The maximum absolute atomic E-state index is 2.42. The number of nitrogens with zero attached hydrogens (tertiary/aromatic N) is 2. The largest absolute Gasteiger partial charge is 0.311 e. The Hall–Kier alpha value is -6.90. The Bertz CT molecular complexity index is 2870. The standard InChI is InChI=1S/C50H34N2/c1-2-13-42(14-3-1)51(44-29-24-38(25-30-44)41-19-18-35-10-4-5-12-40(35)34-41)43-27-20-36(21-28-43)37-22-31-45(32-23-37)52-49-17-9-8-16-47(49)48-33-26-39-11-6-7-15-46(39)50(48)52/h1-34H. The molecule has 10 rings (SSSR count). The summed E-state index contributed by atoms with van der Waals surface area (Å²) in [7, 11) is 0. The lowest BCUT2D eigenvalue weighted by molar-refractivity contribution is 1.19. The van der Waals surface area contributed by atoms with E-state index in [9.17, 15) is 0 Å². The number of hydrogen-bond acceptors (Lipinski definition) is 1. The molecule has 0 N–H and O–H groups in total. The van der Waals surface area contributed by atoms with Crippen molar-refractivity contribution in [3.8, 4) is 27.9 Å².